The fourth-order valence-corrected chi connectivity index (χ4v) is 0.737. The number of allylic oxidation sites excluding steroid dienone is 3. The van der Waals surface area contributed by atoms with Gasteiger partial charge in [0.15, 0.2) is 0 Å². The van der Waals surface area contributed by atoms with Crippen LogP contribution in [-0.2, 0) is 0 Å². The molecule has 0 spiro atoms. The molecule has 0 radical (unpaired) electrons. The highest BCUT2D eigenvalue weighted by molar-refractivity contribution is 5.58. The van der Waals surface area contributed by atoms with Crippen LogP contribution < -0.4 is 0 Å². The second kappa shape index (κ2) is 3.01. The van der Waals surface area contributed by atoms with E-state index in [4.69, 9.17) is 0 Å². The van der Waals surface area contributed by atoms with Crippen molar-refractivity contribution >= 4 is 5.57 Å². The number of aromatic nitrogens is 2. The number of hydrogen-bond donors (Lipinski definition) is 1. The largest absolute Gasteiger partial charge is 0.345 e. The topological polar surface area (TPSA) is 28.7 Å². The Balaban J connectivity index is 2.86. The van der Waals surface area contributed by atoms with Crippen LogP contribution in [-0.4, -0.2) is 9.97 Å². The molecule has 0 saturated heterocycles. The van der Waals surface area contributed by atoms with E-state index in [0.717, 1.165) is 11.4 Å². The SMILES string of the molecule is C=C/C=C(/C)c1ncc[nH]1. The summed E-state index contributed by atoms with van der Waals surface area (Å²) >= 11 is 0. The van der Waals surface area contributed by atoms with Crippen molar-refractivity contribution in [2.45, 2.75) is 6.92 Å². The van der Waals surface area contributed by atoms with E-state index < -0.39 is 0 Å². The van der Waals surface area contributed by atoms with Crippen LogP contribution in [0.15, 0.2) is 31.1 Å². The number of nitrogens with zero attached hydrogens (tertiary/aromatic N) is 1. The lowest BCUT2D eigenvalue weighted by atomic mass is 10.3. The minimum atomic E-state index is 0.903. The molecule has 0 fully saturated rings. The monoisotopic (exact) mass is 134 g/mol. The van der Waals surface area contributed by atoms with Gasteiger partial charge in [-0.05, 0) is 12.5 Å². The van der Waals surface area contributed by atoms with Crippen LogP contribution in [0.1, 0.15) is 12.7 Å². The zero-order valence-electron chi connectivity index (χ0n) is 5.96. The van der Waals surface area contributed by atoms with Crippen molar-refractivity contribution in [3.05, 3.63) is 36.9 Å². The second-order valence-corrected chi connectivity index (χ2v) is 2.02. The van der Waals surface area contributed by atoms with Gasteiger partial charge < -0.3 is 4.98 Å². The van der Waals surface area contributed by atoms with Gasteiger partial charge in [0.2, 0.25) is 0 Å². The molecule has 0 aliphatic rings. The minimum absolute atomic E-state index is 0.903. The quantitative estimate of drug-likeness (QED) is 0.616. The average molecular weight is 134 g/mol. The third-order valence-electron chi connectivity index (χ3n) is 1.24. The summed E-state index contributed by atoms with van der Waals surface area (Å²) in [7, 11) is 0. The molecule has 1 N–H and O–H groups in total. The molecular formula is C8H10N2. The van der Waals surface area contributed by atoms with E-state index >= 15 is 0 Å². The predicted molar refractivity (Wildman–Crippen MR) is 42.4 cm³/mol. The molecule has 0 atom stereocenters. The summed E-state index contributed by atoms with van der Waals surface area (Å²) in [4.78, 5) is 7.06. The zero-order valence-corrected chi connectivity index (χ0v) is 5.96. The van der Waals surface area contributed by atoms with Gasteiger partial charge in [0, 0.05) is 12.4 Å². The summed E-state index contributed by atoms with van der Waals surface area (Å²) in [6.07, 6.45) is 7.20. The molecule has 0 aromatic carbocycles. The molecule has 0 aliphatic heterocycles. The fourth-order valence-electron chi connectivity index (χ4n) is 0.737. The van der Waals surface area contributed by atoms with Crippen LogP contribution in [0.5, 0.6) is 0 Å². The molecule has 1 heterocycles. The van der Waals surface area contributed by atoms with Gasteiger partial charge in [-0.25, -0.2) is 4.98 Å². The van der Waals surface area contributed by atoms with Crippen LogP contribution in [0.25, 0.3) is 5.57 Å². The Labute approximate surface area is 60.3 Å². The molecular weight excluding hydrogens is 124 g/mol. The van der Waals surface area contributed by atoms with Crippen molar-refractivity contribution in [3.63, 3.8) is 0 Å². The molecule has 2 heteroatoms. The van der Waals surface area contributed by atoms with Gasteiger partial charge in [0.1, 0.15) is 5.82 Å². The fraction of sp³-hybridized carbons (Fsp3) is 0.125. The Hall–Kier alpha value is -1.31. The average Bonchev–Trinajstić information content (AvgIpc) is 2.38. The summed E-state index contributed by atoms with van der Waals surface area (Å²) in [6.45, 7) is 5.58. The number of hydrogen-bond acceptors (Lipinski definition) is 1. The van der Waals surface area contributed by atoms with Crippen molar-refractivity contribution in [3.8, 4) is 0 Å². The lowest BCUT2D eigenvalue weighted by Crippen LogP contribution is -1.79. The smallest absolute Gasteiger partial charge is 0.132 e. The number of aromatic amines is 1. The van der Waals surface area contributed by atoms with Crippen LogP contribution in [0.4, 0.5) is 0 Å². The first-order valence-electron chi connectivity index (χ1n) is 3.13. The van der Waals surface area contributed by atoms with Gasteiger partial charge in [-0.2, -0.15) is 0 Å². The number of imidazole rings is 1. The first-order chi connectivity index (χ1) is 4.84. The van der Waals surface area contributed by atoms with Gasteiger partial charge >= 0.3 is 0 Å². The number of H-pyrrole nitrogens is 1. The third-order valence-corrected chi connectivity index (χ3v) is 1.24. The Bertz CT molecular complexity index is 232. The van der Waals surface area contributed by atoms with Gasteiger partial charge in [-0.1, -0.05) is 18.7 Å². The highest BCUT2D eigenvalue weighted by atomic mass is 14.9. The van der Waals surface area contributed by atoms with E-state index in [9.17, 15) is 0 Å². The maximum Gasteiger partial charge on any atom is 0.132 e. The van der Waals surface area contributed by atoms with Crippen molar-refractivity contribution in [1.29, 1.82) is 0 Å². The summed E-state index contributed by atoms with van der Waals surface area (Å²) in [6, 6.07) is 0. The number of rotatable bonds is 2. The second-order valence-electron chi connectivity index (χ2n) is 2.02. The molecule has 0 amide bonds. The Kier molecular flexibility index (Phi) is 2.05. The van der Waals surface area contributed by atoms with Gasteiger partial charge in [0.25, 0.3) is 0 Å². The molecule has 1 rings (SSSR count). The first kappa shape index (κ1) is 6.81. The highest BCUT2D eigenvalue weighted by Crippen LogP contribution is 2.05. The molecule has 52 valence electrons. The minimum Gasteiger partial charge on any atom is -0.345 e. The summed E-state index contributed by atoms with van der Waals surface area (Å²) in [5.74, 6) is 0.903. The Morgan fingerprint density at radius 2 is 2.60 bits per heavy atom. The van der Waals surface area contributed by atoms with E-state index in [1.165, 1.54) is 0 Å². The van der Waals surface area contributed by atoms with Crippen molar-refractivity contribution in [2.24, 2.45) is 0 Å². The standard InChI is InChI=1S/C8H10N2/c1-3-4-7(2)8-9-5-6-10-8/h3-6H,1H2,2H3,(H,9,10)/b7-4-. The normalized spacial score (nSPS) is 11.5. The third kappa shape index (κ3) is 1.35. The molecule has 1 aromatic rings. The Morgan fingerprint density at radius 3 is 3.10 bits per heavy atom. The van der Waals surface area contributed by atoms with Crippen molar-refractivity contribution in [1.82, 2.24) is 9.97 Å². The van der Waals surface area contributed by atoms with E-state index in [-0.39, 0.29) is 0 Å². The number of nitrogens with one attached hydrogen (secondary N) is 1. The van der Waals surface area contributed by atoms with Crippen molar-refractivity contribution < 1.29 is 0 Å². The van der Waals surface area contributed by atoms with Crippen LogP contribution in [0.3, 0.4) is 0 Å². The van der Waals surface area contributed by atoms with Crippen LogP contribution in [0, 0.1) is 0 Å². The maximum atomic E-state index is 4.06. The van der Waals surface area contributed by atoms with Gasteiger partial charge in [0.05, 0.1) is 0 Å². The lowest BCUT2D eigenvalue weighted by molar-refractivity contribution is 1.23. The Morgan fingerprint density at radius 1 is 1.80 bits per heavy atom. The summed E-state index contributed by atoms with van der Waals surface area (Å²) in [5.41, 5.74) is 1.10. The van der Waals surface area contributed by atoms with E-state index in [1.54, 1.807) is 18.5 Å². The summed E-state index contributed by atoms with van der Waals surface area (Å²) < 4.78 is 0. The molecule has 0 bridgehead atoms. The maximum absolute atomic E-state index is 4.06. The molecule has 0 saturated carbocycles. The van der Waals surface area contributed by atoms with E-state index in [2.05, 4.69) is 16.5 Å². The molecule has 2 nitrogen and oxygen atoms in total. The zero-order chi connectivity index (χ0) is 7.40. The van der Waals surface area contributed by atoms with Crippen molar-refractivity contribution in [2.75, 3.05) is 0 Å². The van der Waals surface area contributed by atoms with Gasteiger partial charge in [-0.15, -0.1) is 0 Å². The molecule has 1 aromatic heterocycles. The van der Waals surface area contributed by atoms with E-state index in [1.807, 2.05) is 13.0 Å². The summed E-state index contributed by atoms with van der Waals surface area (Å²) in [5, 5.41) is 0. The first-order valence-corrected chi connectivity index (χ1v) is 3.13. The molecule has 0 aliphatic carbocycles. The molecule has 10 heavy (non-hydrogen) atoms. The van der Waals surface area contributed by atoms with Crippen LogP contribution in [0.2, 0.25) is 0 Å². The van der Waals surface area contributed by atoms with Gasteiger partial charge in [-0.3, -0.25) is 0 Å². The molecule has 0 unspecified atom stereocenters. The highest BCUT2D eigenvalue weighted by Gasteiger charge is 1.92. The van der Waals surface area contributed by atoms with Crippen LogP contribution >= 0.6 is 0 Å². The predicted octanol–water partition coefficient (Wildman–Crippen LogP) is 2.00. The van der Waals surface area contributed by atoms with E-state index in [0.29, 0.717) is 0 Å². The lowest BCUT2D eigenvalue weighted by Gasteiger charge is -1.90.